The quantitative estimate of drug-likeness (QED) is 0.873. The molecule has 0 aliphatic heterocycles. The molecule has 0 radical (unpaired) electrons. The molecule has 0 amide bonds. The van der Waals surface area contributed by atoms with Crippen LogP contribution in [0.3, 0.4) is 0 Å². The highest BCUT2D eigenvalue weighted by Crippen LogP contribution is 2.22. The van der Waals surface area contributed by atoms with Crippen LogP contribution in [0.1, 0.15) is 5.56 Å². The third-order valence-corrected chi connectivity index (χ3v) is 2.97. The Balaban J connectivity index is 2.42. The molecule has 0 unspecified atom stereocenters. The second-order valence-corrected chi connectivity index (χ2v) is 4.64. The van der Waals surface area contributed by atoms with Crippen LogP contribution in [-0.4, -0.2) is 16.1 Å². The summed E-state index contributed by atoms with van der Waals surface area (Å²) in [5.41, 5.74) is 2.32. The Kier molecular flexibility index (Phi) is 3.64. The maximum atomic E-state index is 4.29. The third-order valence-electron chi connectivity index (χ3n) is 2.48. The van der Waals surface area contributed by atoms with Gasteiger partial charge in [0.05, 0.1) is 5.69 Å². The molecule has 17 heavy (non-hydrogen) atoms. The second kappa shape index (κ2) is 5.19. The van der Waals surface area contributed by atoms with Crippen molar-refractivity contribution in [3.05, 3.63) is 53.3 Å². The van der Waals surface area contributed by atoms with Crippen LogP contribution in [0.25, 0.3) is 5.69 Å². The molecule has 1 N–H and O–H groups in total. The number of nitrogens with zero attached hydrogens (tertiary/aromatic N) is 2. The van der Waals surface area contributed by atoms with Crippen molar-refractivity contribution in [2.75, 3.05) is 11.9 Å². The number of rotatable bonds is 4. The molecule has 2 aromatic rings. The summed E-state index contributed by atoms with van der Waals surface area (Å²) >= 11 is 3.49. The standard InChI is InChI=1S/C13H14BrN3/c1-3-6-15-13-16-7-8-17(13)12-9-11(14)5-4-10(12)2/h3-5,7-9H,1,6H2,2H3,(H,15,16). The highest BCUT2D eigenvalue weighted by molar-refractivity contribution is 9.10. The van der Waals surface area contributed by atoms with Gasteiger partial charge < -0.3 is 5.32 Å². The molecule has 0 aliphatic carbocycles. The first-order valence-electron chi connectivity index (χ1n) is 5.37. The fourth-order valence-corrected chi connectivity index (χ4v) is 1.98. The lowest BCUT2D eigenvalue weighted by Gasteiger charge is -2.11. The Morgan fingerprint density at radius 3 is 3.12 bits per heavy atom. The molecule has 0 saturated heterocycles. The van der Waals surface area contributed by atoms with E-state index in [-0.39, 0.29) is 0 Å². The Morgan fingerprint density at radius 2 is 2.35 bits per heavy atom. The zero-order valence-electron chi connectivity index (χ0n) is 9.65. The lowest BCUT2D eigenvalue weighted by atomic mass is 10.2. The summed E-state index contributed by atoms with van der Waals surface area (Å²) in [7, 11) is 0. The molecular formula is C13H14BrN3. The van der Waals surface area contributed by atoms with Crippen LogP contribution in [-0.2, 0) is 0 Å². The second-order valence-electron chi connectivity index (χ2n) is 3.72. The van der Waals surface area contributed by atoms with Crippen molar-refractivity contribution in [1.82, 2.24) is 9.55 Å². The average molecular weight is 292 g/mol. The fraction of sp³-hybridized carbons (Fsp3) is 0.154. The van der Waals surface area contributed by atoms with Crippen LogP contribution in [0.15, 0.2) is 47.7 Å². The van der Waals surface area contributed by atoms with E-state index in [2.05, 4.69) is 51.9 Å². The van der Waals surface area contributed by atoms with Crippen LogP contribution in [0.4, 0.5) is 5.95 Å². The number of aryl methyl sites for hydroxylation is 1. The van der Waals surface area contributed by atoms with Crippen LogP contribution in [0.5, 0.6) is 0 Å². The maximum absolute atomic E-state index is 4.29. The number of aromatic nitrogens is 2. The van der Waals surface area contributed by atoms with E-state index in [1.165, 1.54) is 5.56 Å². The van der Waals surface area contributed by atoms with Gasteiger partial charge >= 0.3 is 0 Å². The van der Waals surface area contributed by atoms with Crippen molar-refractivity contribution < 1.29 is 0 Å². The molecule has 0 spiro atoms. The third kappa shape index (κ3) is 2.58. The minimum Gasteiger partial charge on any atom is -0.352 e. The summed E-state index contributed by atoms with van der Waals surface area (Å²) in [4.78, 5) is 4.29. The Labute approximate surface area is 109 Å². The van der Waals surface area contributed by atoms with Gasteiger partial charge in [0.1, 0.15) is 0 Å². The monoisotopic (exact) mass is 291 g/mol. The summed E-state index contributed by atoms with van der Waals surface area (Å²) in [6, 6.07) is 6.19. The summed E-state index contributed by atoms with van der Waals surface area (Å²) in [6.07, 6.45) is 5.54. The van der Waals surface area contributed by atoms with Gasteiger partial charge in [-0.15, -0.1) is 6.58 Å². The van der Waals surface area contributed by atoms with Gasteiger partial charge in [-0.2, -0.15) is 0 Å². The van der Waals surface area contributed by atoms with Gasteiger partial charge in [-0.05, 0) is 24.6 Å². The summed E-state index contributed by atoms with van der Waals surface area (Å²) in [5.74, 6) is 0.825. The van der Waals surface area contributed by atoms with Crippen molar-refractivity contribution in [2.24, 2.45) is 0 Å². The van der Waals surface area contributed by atoms with Crippen LogP contribution < -0.4 is 5.32 Å². The number of hydrogen-bond donors (Lipinski definition) is 1. The van der Waals surface area contributed by atoms with Crippen molar-refractivity contribution in [2.45, 2.75) is 6.92 Å². The normalized spacial score (nSPS) is 10.2. The zero-order chi connectivity index (χ0) is 12.3. The fourth-order valence-electron chi connectivity index (χ4n) is 1.63. The topological polar surface area (TPSA) is 29.9 Å². The number of hydrogen-bond acceptors (Lipinski definition) is 2. The summed E-state index contributed by atoms with van der Waals surface area (Å²) < 4.78 is 3.09. The first-order chi connectivity index (χ1) is 8.22. The van der Waals surface area contributed by atoms with Gasteiger partial charge in [-0.1, -0.05) is 28.1 Å². The van der Waals surface area contributed by atoms with Crippen LogP contribution >= 0.6 is 15.9 Å². The summed E-state index contributed by atoms with van der Waals surface area (Å²) in [6.45, 7) is 6.47. The van der Waals surface area contributed by atoms with Gasteiger partial charge in [-0.25, -0.2) is 4.98 Å². The Bertz CT molecular complexity index is 531. The van der Waals surface area contributed by atoms with Crippen molar-refractivity contribution in [3.8, 4) is 5.69 Å². The highest BCUT2D eigenvalue weighted by atomic mass is 79.9. The van der Waals surface area contributed by atoms with E-state index in [0.717, 1.165) is 16.1 Å². The van der Waals surface area contributed by atoms with E-state index in [0.29, 0.717) is 6.54 Å². The van der Waals surface area contributed by atoms with Gasteiger partial charge in [-0.3, -0.25) is 4.57 Å². The summed E-state index contributed by atoms with van der Waals surface area (Å²) in [5, 5.41) is 3.21. The van der Waals surface area contributed by atoms with Gasteiger partial charge in [0, 0.05) is 23.4 Å². The van der Waals surface area contributed by atoms with E-state index in [4.69, 9.17) is 0 Å². The van der Waals surface area contributed by atoms with Gasteiger partial charge in [0.2, 0.25) is 5.95 Å². The predicted molar refractivity (Wildman–Crippen MR) is 74.7 cm³/mol. The Morgan fingerprint density at radius 1 is 1.53 bits per heavy atom. The van der Waals surface area contributed by atoms with Crippen molar-refractivity contribution >= 4 is 21.9 Å². The van der Waals surface area contributed by atoms with Gasteiger partial charge in [0.15, 0.2) is 0 Å². The maximum Gasteiger partial charge on any atom is 0.207 e. The van der Waals surface area contributed by atoms with E-state index in [1.54, 1.807) is 6.20 Å². The molecule has 1 aromatic carbocycles. The molecule has 0 bridgehead atoms. The van der Waals surface area contributed by atoms with Gasteiger partial charge in [0.25, 0.3) is 0 Å². The molecular weight excluding hydrogens is 278 g/mol. The molecule has 0 atom stereocenters. The predicted octanol–water partition coefficient (Wildman–Crippen LogP) is 3.54. The first kappa shape index (κ1) is 11.9. The van der Waals surface area contributed by atoms with Crippen LogP contribution in [0.2, 0.25) is 0 Å². The molecule has 3 nitrogen and oxygen atoms in total. The average Bonchev–Trinajstić information content (AvgIpc) is 2.77. The largest absolute Gasteiger partial charge is 0.352 e. The van der Waals surface area contributed by atoms with E-state index < -0.39 is 0 Å². The molecule has 4 heteroatoms. The number of halogens is 1. The number of anilines is 1. The van der Waals surface area contributed by atoms with Crippen molar-refractivity contribution in [3.63, 3.8) is 0 Å². The minimum absolute atomic E-state index is 0.698. The molecule has 1 heterocycles. The molecule has 88 valence electrons. The SMILES string of the molecule is C=CCNc1nccn1-c1cc(Br)ccc1C. The molecule has 0 aliphatic rings. The molecule has 0 saturated carbocycles. The van der Waals surface area contributed by atoms with E-state index in [9.17, 15) is 0 Å². The first-order valence-corrected chi connectivity index (χ1v) is 6.16. The minimum atomic E-state index is 0.698. The molecule has 2 rings (SSSR count). The van der Waals surface area contributed by atoms with E-state index in [1.807, 2.05) is 22.9 Å². The number of nitrogens with one attached hydrogen (secondary N) is 1. The number of imidazole rings is 1. The molecule has 0 fully saturated rings. The van der Waals surface area contributed by atoms with Crippen LogP contribution in [0, 0.1) is 6.92 Å². The zero-order valence-corrected chi connectivity index (χ0v) is 11.2. The lowest BCUT2D eigenvalue weighted by Crippen LogP contribution is -2.06. The lowest BCUT2D eigenvalue weighted by molar-refractivity contribution is 1.02. The number of benzene rings is 1. The highest BCUT2D eigenvalue weighted by Gasteiger charge is 2.06. The van der Waals surface area contributed by atoms with Crippen molar-refractivity contribution in [1.29, 1.82) is 0 Å². The molecule has 1 aromatic heterocycles. The van der Waals surface area contributed by atoms with E-state index >= 15 is 0 Å². The smallest absolute Gasteiger partial charge is 0.207 e. The Hall–Kier alpha value is -1.55.